The summed E-state index contributed by atoms with van der Waals surface area (Å²) < 4.78 is 0. The molecule has 2 saturated carbocycles. The molecule has 0 saturated heterocycles. The Bertz CT molecular complexity index is 89.2. The van der Waals surface area contributed by atoms with Gasteiger partial charge in [0.15, 0.2) is 0 Å². The van der Waals surface area contributed by atoms with Crippen molar-refractivity contribution in [3.05, 3.63) is 14.9 Å². The predicted molar refractivity (Wildman–Crippen MR) is 90.6 cm³/mol. The number of rotatable bonds is 0. The topological polar surface area (TPSA) is 31.5 Å². The zero-order valence-corrected chi connectivity index (χ0v) is 18.7. The molecule has 0 aromatic rings. The van der Waals surface area contributed by atoms with Crippen molar-refractivity contribution < 1.29 is 37.9 Å². The van der Waals surface area contributed by atoms with Crippen LogP contribution in [0.3, 0.4) is 0 Å². The summed E-state index contributed by atoms with van der Waals surface area (Å²) in [5.74, 6) is 0. The molecule has 2 fully saturated rings. The van der Waals surface area contributed by atoms with E-state index in [4.69, 9.17) is 29.1 Å². The van der Waals surface area contributed by atoms with E-state index in [1.807, 2.05) is 0 Å². The Morgan fingerprint density at radius 2 is 0.579 bits per heavy atom. The van der Waals surface area contributed by atoms with Crippen LogP contribution in [-0.4, -0.2) is 5.48 Å². The summed E-state index contributed by atoms with van der Waals surface area (Å²) in [5.41, 5.74) is 0. The van der Waals surface area contributed by atoms with E-state index in [1.165, 1.54) is 64.2 Å². The van der Waals surface area contributed by atoms with Crippen LogP contribution in [0.5, 0.6) is 0 Å². The molecule has 0 spiro atoms. The minimum Gasteiger partial charge on any atom is 2.00 e. The third-order valence-corrected chi connectivity index (χ3v) is 2.50. The molecule has 19 heavy (non-hydrogen) atoms. The van der Waals surface area contributed by atoms with E-state index in [-0.39, 0.29) is 53.3 Å². The zero-order valence-electron chi connectivity index (χ0n) is 11.9. The summed E-state index contributed by atoms with van der Waals surface area (Å²) in [4.78, 5) is 0. The Kier molecular flexibility index (Phi) is 64.0. The Balaban J connectivity index is -0.0000000297. The Hall–Kier alpha value is 2.43. The molecule has 2 N–H and O–H groups in total. The molecular weight excluding hydrogens is 501 g/mol. The molecule has 0 radical (unpaired) electrons. The molecular formula is C12H30Cl3ORu2S. The monoisotopic (exact) mass is 531 g/mol. The molecule has 0 aromatic carbocycles. The molecule has 0 heterocycles. The van der Waals surface area contributed by atoms with Crippen molar-refractivity contribution in [1.29, 1.82) is 0 Å². The van der Waals surface area contributed by atoms with Gasteiger partial charge in [0, 0.05) is 0 Å². The van der Waals surface area contributed by atoms with Gasteiger partial charge in [-0.1, -0.05) is 64.2 Å². The molecule has 7 heteroatoms. The van der Waals surface area contributed by atoms with Gasteiger partial charge in [0.1, 0.15) is 0 Å². The van der Waals surface area contributed by atoms with E-state index in [0.29, 0.717) is 0 Å². The first-order chi connectivity index (χ1) is 6.73. The molecule has 0 aromatic heterocycles. The molecule has 0 bridgehead atoms. The van der Waals surface area contributed by atoms with Crippen LogP contribution in [0.15, 0.2) is 0 Å². The van der Waals surface area contributed by atoms with Crippen molar-refractivity contribution >= 4 is 42.6 Å². The Labute approximate surface area is 158 Å². The van der Waals surface area contributed by atoms with Gasteiger partial charge in [-0.25, -0.2) is 0 Å². The van der Waals surface area contributed by atoms with Crippen LogP contribution in [0.2, 0.25) is 0 Å². The van der Waals surface area contributed by atoms with Gasteiger partial charge >= 0.3 is 61.5 Å². The summed E-state index contributed by atoms with van der Waals surface area (Å²) in [5, 5.41) is 0. The molecule has 1 nitrogen and oxygen atoms in total. The number of halogens is 3. The average molecular weight is 531 g/mol. The molecule has 0 amide bonds. The van der Waals surface area contributed by atoms with Gasteiger partial charge in [0.2, 0.25) is 0 Å². The average Bonchev–Trinajstić information content (AvgIpc) is 2.83. The van der Waals surface area contributed by atoms with E-state index < -0.39 is 13.0 Å². The molecule has 0 atom stereocenters. The maximum atomic E-state index is 4.95. The Morgan fingerprint density at radius 3 is 0.632 bits per heavy atom. The minimum absolute atomic E-state index is 0. The molecule has 127 valence electrons. The molecule has 2 rings (SSSR count). The fraction of sp³-hybridized carbons (Fsp3) is 0.833. The van der Waals surface area contributed by atoms with Crippen LogP contribution in [0.4, 0.5) is 0 Å². The number of hydrogen-bond acceptors (Lipinski definition) is 0. The van der Waals surface area contributed by atoms with E-state index in [1.54, 1.807) is 0 Å². The molecule has 0 unspecified atom stereocenters. The van der Waals surface area contributed by atoms with Crippen LogP contribution >= 0.6 is 42.6 Å². The Morgan fingerprint density at radius 1 is 0.526 bits per heavy atom. The van der Waals surface area contributed by atoms with Crippen LogP contribution in [-0.2, 0) is 32.5 Å². The maximum Gasteiger partial charge on any atom is 2.00 e. The van der Waals surface area contributed by atoms with E-state index >= 15 is 0 Å². The van der Waals surface area contributed by atoms with Gasteiger partial charge in [0.05, 0.1) is 0 Å². The van der Waals surface area contributed by atoms with Gasteiger partial charge in [-0.3, -0.25) is 0 Å². The van der Waals surface area contributed by atoms with Crippen molar-refractivity contribution in [1.82, 2.24) is 0 Å². The van der Waals surface area contributed by atoms with Crippen LogP contribution in [0.25, 0.3) is 0 Å². The van der Waals surface area contributed by atoms with Gasteiger partial charge in [-0.2, -0.15) is 13.5 Å². The second kappa shape index (κ2) is 32.4. The van der Waals surface area contributed by atoms with E-state index in [0.717, 1.165) is 0 Å². The van der Waals surface area contributed by atoms with Gasteiger partial charge < -0.3 is 20.3 Å². The fourth-order valence-corrected chi connectivity index (χ4v) is 1.77. The van der Waals surface area contributed by atoms with Crippen LogP contribution < -0.4 is 0 Å². The summed E-state index contributed by atoms with van der Waals surface area (Å²) in [6, 6.07) is 0. The largest absolute Gasteiger partial charge is 2.00 e. The first-order valence-electron chi connectivity index (χ1n) is 5.40. The minimum atomic E-state index is -1.75. The van der Waals surface area contributed by atoms with Crippen molar-refractivity contribution in [2.45, 2.75) is 64.2 Å². The quantitative estimate of drug-likeness (QED) is 0.266. The SMILES string of the molecule is C1CCCC1.C1CCCC1.O.S.[CH3-].[CH3-].[Cl][Ru]([Cl])[Cl].[Ru+2]. The molecule has 2 aliphatic carbocycles. The van der Waals surface area contributed by atoms with Crippen molar-refractivity contribution in [3.8, 4) is 0 Å². The van der Waals surface area contributed by atoms with Gasteiger partial charge in [-0.05, 0) is 0 Å². The smallest absolute Gasteiger partial charge is 2.00 e. The van der Waals surface area contributed by atoms with E-state index in [2.05, 4.69) is 0 Å². The van der Waals surface area contributed by atoms with Crippen molar-refractivity contribution in [3.63, 3.8) is 0 Å². The number of hydrogen-bond donors (Lipinski definition) is 0. The fourth-order valence-electron chi connectivity index (χ4n) is 1.77. The van der Waals surface area contributed by atoms with Crippen molar-refractivity contribution in [2.24, 2.45) is 0 Å². The summed E-state index contributed by atoms with van der Waals surface area (Å²) in [6.07, 6.45) is 15.0. The van der Waals surface area contributed by atoms with Crippen molar-refractivity contribution in [2.75, 3.05) is 0 Å². The first kappa shape index (κ1) is 37.6. The van der Waals surface area contributed by atoms with Gasteiger partial charge in [0.25, 0.3) is 0 Å². The molecule has 0 aliphatic heterocycles. The summed E-state index contributed by atoms with van der Waals surface area (Å²) in [6.45, 7) is 0. The normalized spacial score (nSPS) is 15.0. The first-order valence-corrected chi connectivity index (χ1v) is 12.1. The van der Waals surface area contributed by atoms with Crippen LogP contribution in [0, 0.1) is 14.9 Å². The summed E-state index contributed by atoms with van der Waals surface area (Å²) >= 11 is -1.75. The van der Waals surface area contributed by atoms with E-state index in [9.17, 15) is 0 Å². The van der Waals surface area contributed by atoms with Crippen LogP contribution in [0.1, 0.15) is 64.2 Å². The summed E-state index contributed by atoms with van der Waals surface area (Å²) in [7, 11) is 14.8. The third kappa shape index (κ3) is 44.9. The second-order valence-electron chi connectivity index (χ2n) is 3.69. The second-order valence-corrected chi connectivity index (χ2v) is 11.6. The third-order valence-electron chi connectivity index (χ3n) is 2.50. The van der Waals surface area contributed by atoms with Gasteiger partial charge in [-0.15, -0.1) is 0 Å². The zero-order chi connectivity index (χ0) is 10.6. The maximum absolute atomic E-state index is 4.95. The standard InChI is InChI=1S/2C5H10.2CH3.3ClH.H2O.2Ru.H2S/c2*1-2-4-5-3-1;;;;;;;;;/h2*1-5H2;2*1H3;3*1H;1H2;;;1H2/q;;2*-1;;;;;+2;+3;/p-3. The predicted octanol–water partition coefficient (Wildman–Crippen LogP) is 6.15. The molecule has 2 aliphatic rings.